The van der Waals surface area contributed by atoms with E-state index in [1.807, 2.05) is 0 Å². The Bertz CT molecular complexity index is 265. The number of aldehydes is 1. The van der Waals surface area contributed by atoms with Crippen molar-refractivity contribution < 1.29 is 34.0 Å². The van der Waals surface area contributed by atoms with Crippen LogP contribution in [-0.4, -0.2) is 74.9 Å². The number of hydrogen-bond acceptors (Lipinski definition) is 7. The summed E-state index contributed by atoms with van der Waals surface area (Å²) in [5.74, 6) is 0. The van der Waals surface area contributed by atoms with Crippen molar-refractivity contribution >= 4 is 12.4 Å². The van der Waals surface area contributed by atoms with E-state index in [0.717, 1.165) is 0 Å². The van der Waals surface area contributed by atoms with Gasteiger partial charge in [-0.05, 0) is 12.8 Å². The molecule has 0 bridgehead atoms. The monoisotopic (exact) mass is 371 g/mol. The fourth-order valence-corrected chi connectivity index (χ4v) is 1.29. The van der Waals surface area contributed by atoms with E-state index in [1.165, 1.54) is 0 Å². The first kappa shape index (κ1) is 35.0. The molecule has 0 rings (SSSR count). The fourth-order valence-electron chi connectivity index (χ4n) is 1.29. The molecule has 0 aromatic rings. The maximum absolute atomic E-state index is 11.3. The SMILES string of the molecule is C.C.C.C.O=CCCNC(=O)OCC(COCCCO)OCCCO. The molecule has 3 N–H and O–H groups in total. The highest BCUT2D eigenvalue weighted by molar-refractivity contribution is 5.67. The molecule has 1 atom stereocenters. The Balaban J connectivity index is -0.000000333. The van der Waals surface area contributed by atoms with Gasteiger partial charge in [0.15, 0.2) is 0 Å². The molecule has 8 nitrogen and oxygen atoms in total. The van der Waals surface area contributed by atoms with E-state index in [1.54, 1.807) is 0 Å². The van der Waals surface area contributed by atoms with E-state index in [9.17, 15) is 9.59 Å². The molecular weight excluding hydrogens is 330 g/mol. The maximum atomic E-state index is 11.3. The zero-order valence-corrected chi connectivity index (χ0v) is 12.2. The lowest BCUT2D eigenvalue weighted by atomic mass is 10.4. The Morgan fingerprint density at radius 3 is 2.16 bits per heavy atom. The molecule has 0 saturated heterocycles. The largest absolute Gasteiger partial charge is 0.447 e. The molecule has 0 aromatic heterocycles. The number of carbonyl (C=O) groups is 2. The molecule has 0 aliphatic rings. The zero-order valence-electron chi connectivity index (χ0n) is 12.2. The molecule has 0 heterocycles. The van der Waals surface area contributed by atoms with Crippen LogP contribution in [0.25, 0.3) is 0 Å². The molecule has 0 saturated carbocycles. The first-order valence-electron chi connectivity index (χ1n) is 7.00. The molecule has 1 amide bonds. The van der Waals surface area contributed by atoms with Gasteiger partial charge >= 0.3 is 6.09 Å². The molecule has 25 heavy (non-hydrogen) atoms. The van der Waals surface area contributed by atoms with E-state index in [-0.39, 0.29) is 69.1 Å². The second-order valence-electron chi connectivity index (χ2n) is 4.20. The average molecular weight is 372 g/mol. The van der Waals surface area contributed by atoms with Crippen LogP contribution in [0.2, 0.25) is 0 Å². The molecular formula is C17H41NO7. The van der Waals surface area contributed by atoms with E-state index < -0.39 is 12.2 Å². The van der Waals surface area contributed by atoms with Crippen LogP contribution in [0.15, 0.2) is 0 Å². The number of aliphatic hydroxyl groups excluding tert-OH is 2. The summed E-state index contributed by atoms with van der Waals surface area (Å²) < 4.78 is 15.7. The minimum absolute atomic E-state index is 0. The van der Waals surface area contributed by atoms with Gasteiger partial charge < -0.3 is 34.5 Å². The summed E-state index contributed by atoms with van der Waals surface area (Å²) in [6, 6.07) is 0. The second kappa shape index (κ2) is 27.6. The normalized spacial score (nSPS) is 10.0. The Morgan fingerprint density at radius 1 is 1.00 bits per heavy atom. The minimum atomic E-state index is -0.622. The van der Waals surface area contributed by atoms with Gasteiger partial charge in [-0.3, -0.25) is 0 Å². The third kappa shape index (κ3) is 25.1. The van der Waals surface area contributed by atoms with Crippen molar-refractivity contribution in [1.29, 1.82) is 0 Å². The standard InChI is InChI=1S/C13H25NO7.4CH4/c15-5-1-4-14-13(18)21-11-12(20-9-3-7-17)10-19-8-2-6-16;;;;/h5,12,16-17H,1-4,6-11H2,(H,14,18);4*1H4. The van der Waals surface area contributed by atoms with Crippen LogP contribution >= 0.6 is 0 Å². The summed E-state index contributed by atoms with van der Waals surface area (Å²) >= 11 is 0. The number of aliphatic hydroxyl groups is 2. The van der Waals surface area contributed by atoms with Gasteiger partial charge in [0.2, 0.25) is 0 Å². The highest BCUT2D eigenvalue weighted by Gasteiger charge is 2.12. The molecule has 0 spiro atoms. The quantitative estimate of drug-likeness (QED) is 0.316. The number of alkyl carbamates (subject to hydrolysis) is 1. The van der Waals surface area contributed by atoms with Gasteiger partial charge in [0.05, 0.1) is 6.61 Å². The predicted molar refractivity (Wildman–Crippen MR) is 101 cm³/mol. The summed E-state index contributed by atoms with van der Waals surface area (Å²) in [6.45, 7) is 1.26. The highest BCUT2D eigenvalue weighted by atomic mass is 16.6. The highest BCUT2D eigenvalue weighted by Crippen LogP contribution is 1.98. The zero-order chi connectivity index (χ0) is 15.8. The van der Waals surface area contributed by atoms with E-state index in [4.69, 9.17) is 24.4 Å². The van der Waals surface area contributed by atoms with Crippen molar-refractivity contribution in [2.45, 2.75) is 55.1 Å². The van der Waals surface area contributed by atoms with Gasteiger partial charge in [0.25, 0.3) is 0 Å². The molecule has 8 heteroatoms. The minimum Gasteiger partial charge on any atom is -0.447 e. The van der Waals surface area contributed by atoms with Crippen LogP contribution in [0.5, 0.6) is 0 Å². The molecule has 1 unspecified atom stereocenters. The summed E-state index contributed by atoms with van der Waals surface area (Å²) in [5.41, 5.74) is 0. The van der Waals surface area contributed by atoms with Crippen molar-refractivity contribution in [1.82, 2.24) is 5.32 Å². The van der Waals surface area contributed by atoms with Gasteiger partial charge in [-0.2, -0.15) is 0 Å². The van der Waals surface area contributed by atoms with Crippen molar-refractivity contribution in [3.8, 4) is 0 Å². The summed E-state index contributed by atoms with van der Waals surface area (Å²) in [4.78, 5) is 21.4. The summed E-state index contributed by atoms with van der Waals surface area (Å²) in [7, 11) is 0. The van der Waals surface area contributed by atoms with E-state index >= 15 is 0 Å². The Kier molecular flexibility index (Phi) is 38.7. The molecule has 0 radical (unpaired) electrons. The van der Waals surface area contributed by atoms with Gasteiger partial charge in [-0.15, -0.1) is 0 Å². The first-order chi connectivity index (χ1) is 10.2. The first-order valence-corrected chi connectivity index (χ1v) is 7.00. The van der Waals surface area contributed by atoms with Gasteiger partial charge in [-0.1, -0.05) is 29.7 Å². The predicted octanol–water partition coefficient (Wildman–Crippen LogP) is 2.01. The van der Waals surface area contributed by atoms with Crippen molar-refractivity contribution in [3.63, 3.8) is 0 Å². The molecule has 156 valence electrons. The molecule has 0 aliphatic heterocycles. The number of carbonyl (C=O) groups excluding carboxylic acids is 2. The summed E-state index contributed by atoms with van der Waals surface area (Å²) in [5, 5.41) is 19.8. The van der Waals surface area contributed by atoms with Gasteiger partial charge in [-0.25, -0.2) is 4.79 Å². The number of rotatable bonds is 14. The van der Waals surface area contributed by atoms with Crippen LogP contribution in [-0.2, 0) is 19.0 Å². The van der Waals surface area contributed by atoms with Crippen LogP contribution in [0.4, 0.5) is 4.79 Å². The smallest absolute Gasteiger partial charge is 0.407 e. The van der Waals surface area contributed by atoms with Crippen LogP contribution in [0.1, 0.15) is 49.0 Å². The van der Waals surface area contributed by atoms with Crippen molar-refractivity contribution in [3.05, 3.63) is 0 Å². The van der Waals surface area contributed by atoms with E-state index in [2.05, 4.69) is 5.32 Å². The molecule has 0 aliphatic carbocycles. The lowest BCUT2D eigenvalue weighted by Gasteiger charge is -2.18. The van der Waals surface area contributed by atoms with E-state index in [0.29, 0.717) is 32.3 Å². The second-order valence-corrected chi connectivity index (χ2v) is 4.20. The maximum Gasteiger partial charge on any atom is 0.407 e. The molecule has 0 aromatic carbocycles. The van der Waals surface area contributed by atoms with Crippen LogP contribution in [0, 0.1) is 0 Å². The Hall–Kier alpha value is -1.22. The topological polar surface area (TPSA) is 114 Å². The molecule has 0 fully saturated rings. The number of hydrogen-bond donors (Lipinski definition) is 3. The third-order valence-electron chi connectivity index (χ3n) is 2.34. The van der Waals surface area contributed by atoms with Crippen molar-refractivity contribution in [2.24, 2.45) is 0 Å². The van der Waals surface area contributed by atoms with Gasteiger partial charge in [0.1, 0.15) is 19.0 Å². The Morgan fingerprint density at radius 2 is 1.60 bits per heavy atom. The average Bonchev–Trinajstić information content (AvgIpc) is 2.49. The number of nitrogens with one attached hydrogen (secondary N) is 1. The third-order valence-corrected chi connectivity index (χ3v) is 2.34. The lowest BCUT2D eigenvalue weighted by molar-refractivity contribution is -0.107. The fraction of sp³-hybridized carbons (Fsp3) is 0.882. The Labute approximate surface area is 153 Å². The lowest BCUT2D eigenvalue weighted by Crippen LogP contribution is -2.32. The van der Waals surface area contributed by atoms with Gasteiger partial charge in [0, 0.05) is 39.4 Å². The van der Waals surface area contributed by atoms with Crippen molar-refractivity contribution in [2.75, 3.05) is 46.2 Å². The number of amides is 1. The van der Waals surface area contributed by atoms with Crippen LogP contribution in [0.3, 0.4) is 0 Å². The van der Waals surface area contributed by atoms with Crippen LogP contribution < -0.4 is 5.32 Å². The summed E-state index contributed by atoms with van der Waals surface area (Å²) in [6.07, 6.45) is 0.885. The number of ether oxygens (including phenoxy) is 3.